The largest absolute Gasteiger partial charge is 0.462 e. The third-order valence-corrected chi connectivity index (χ3v) is 5.88. The highest BCUT2D eigenvalue weighted by atomic mass is 32.1. The van der Waals surface area contributed by atoms with E-state index in [1.807, 2.05) is 6.92 Å². The van der Waals surface area contributed by atoms with E-state index < -0.39 is 0 Å². The van der Waals surface area contributed by atoms with Gasteiger partial charge in [-0.3, -0.25) is 0 Å². The van der Waals surface area contributed by atoms with Crippen molar-refractivity contribution in [3.8, 4) is 0 Å². The number of anilines is 1. The Morgan fingerprint density at radius 2 is 1.96 bits per heavy atom. The first-order chi connectivity index (χ1) is 11.4. The van der Waals surface area contributed by atoms with Crippen LogP contribution in [0.4, 0.5) is 5.00 Å². The second kappa shape index (κ2) is 8.30. The van der Waals surface area contributed by atoms with Crippen LogP contribution in [0, 0.1) is 0 Å². The Kier molecular flexibility index (Phi) is 6.63. The lowest BCUT2D eigenvalue weighted by atomic mass is 10.0. The molecule has 1 aromatic rings. The lowest BCUT2D eigenvalue weighted by Crippen LogP contribution is -2.44. The summed E-state index contributed by atoms with van der Waals surface area (Å²) >= 11 is 7.11. The van der Waals surface area contributed by atoms with Crippen molar-refractivity contribution in [3.05, 3.63) is 16.0 Å². The van der Waals surface area contributed by atoms with E-state index in [9.17, 15) is 4.79 Å². The third kappa shape index (κ3) is 4.70. The molecule has 1 heterocycles. The van der Waals surface area contributed by atoms with Crippen LogP contribution >= 0.6 is 23.6 Å². The predicted molar refractivity (Wildman–Crippen MR) is 105 cm³/mol. The molecule has 1 aliphatic rings. The third-order valence-electron chi connectivity index (χ3n) is 4.46. The Hall–Kier alpha value is -1.14. The average Bonchev–Trinajstić information content (AvgIpc) is 2.68. The van der Waals surface area contributed by atoms with Crippen molar-refractivity contribution < 1.29 is 9.53 Å². The SMILES string of the molecule is CCOC(=O)c1c(NC(=S)NC(C)(C)CC)sc2c1CCCCC2. The van der Waals surface area contributed by atoms with Crippen LogP contribution < -0.4 is 10.6 Å². The number of esters is 1. The van der Waals surface area contributed by atoms with Gasteiger partial charge in [-0.1, -0.05) is 13.3 Å². The molecule has 0 spiro atoms. The highest BCUT2D eigenvalue weighted by Crippen LogP contribution is 2.38. The monoisotopic (exact) mass is 368 g/mol. The van der Waals surface area contributed by atoms with Gasteiger partial charge in [0.25, 0.3) is 0 Å². The summed E-state index contributed by atoms with van der Waals surface area (Å²) in [7, 11) is 0. The molecule has 0 aromatic carbocycles. The molecule has 0 aliphatic heterocycles. The number of hydrogen-bond donors (Lipinski definition) is 2. The number of nitrogens with one attached hydrogen (secondary N) is 2. The van der Waals surface area contributed by atoms with Crippen LogP contribution in [-0.4, -0.2) is 23.2 Å². The predicted octanol–water partition coefficient (Wildman–Crippen LogP) is 4.67. The molecule has 1 aromatic heterocycles. The van der Waals surface area contributed by atoms with Gasteiger partial charge in [-0.05, 0) is 70.7 Å². The summed E-state index contributed by atoms with van der Waals surface area (Å²) in [6.45, 7) is 8.56. The van der Waals surface area contributed by atoms with Gasteiger partial charge in [0, 0.05) is 10.4 Å². The summed E-state index contributed by atoms with van der Waals surface area (Å²) in [4.78, 5) is 13.8. The number of aryl methyl sites for hydroxylation is 1. The van der Waals surface area contributed by atoms with Crippen LogP contribution in [0.3, 0.4) is 0 Å². The Morgan fingerprint density at radius 1 is 1.25 bits per heavy atom. The maximum atomic E-state index is 12.5. The zero-order valence-electron chi connectivity index (χ0n) is 15.1. The summed E-state index contributed by atoms with van der Waals surface area (Å²) in [6.07, 6.45) is 6.47. The van der Waals surface area contributed by atoms with Gasteiger partial charge >= 0.3 is 5.97 Å². The van der Waals surface area contributed by atoms with Gasteiger partial charge in [0.1, 0.15) is 5.00 Å². The van der Waals surface area contributed by atoms with Gasteiger partial charge in [-0.2, -0.15) is 0 Å². The molecular formula is C18H28N2O2S2. The number of carbonyl (C=O) groups is 1. The summed E-state index contributed by atoms with van der Waals surface area (Å²) in [6, 6.07) is 0. The normalized spacial score (nSPS) is 14.5. The second-order valence-corrected chi connectivity index (χ2v) is 8.32. The molecule has 0 unspecified atom stereocenters. The number of rotatable bonds is 5. The molecule has 6 heteroatoms. The van der Waals surface area contributed by atoms with Crippen molar-refractivity contribution in [1.82, 2.24) is 5.32 Å². The van der Waals surface area contributed by atoms with Gasteiger partial charge in [-0.25, -0.2) is 4.79 Å². The van der Waals surface area contributed by atoms with Crippen molar-refractivity contribution >= 4 is 39.6 Å². The van der Waals surface area contributed by atoms with E-state index in [1.165, 1.54) is 17.7 Å². The summed E-state index contributed by atoms with van der Waals surface area (Å²) < 4.78 is 5.30. The van der Waals surface area contributed by atoms with Crippen molar-refractivity contribution in [2.45, 2.75) is 71.8 Å². The van der Waals surface area contributed by atoms with Crippen LogP contribution in [0.15, 0.2) is 0 Å². The quantitative estimate of drug-likeness (QED) is 0.449. The molecule has 4 nitrogen and oxygen atoms in total. The molecular weight excluding hydrogens is 340 g/mol. The zero-order chi connectivity index (χ0) is 17.7. The molecule has 2 N–H and O–H groups in total. The van der Waals surface area contributed by atoms with E-state index in [4.69, 9.17) is 17.0 Å². The topological polar surface area (TPSA) is 50.4 Å². The lowest BCUT2D eigenvalue weighted by molar-refractivity contribution is 0.0527. The van der Waals surface area contributed by atoms with Crippen molar-refractivity contribution in [2.75, 3.05) is 11.9 Å². The van der Waals surface area contributed by atoms with Crippen LogP contribution in [0.25, 0.3) is 0 Å². The maximum Gasteiger partial charge on any atom is 0.341 e. The minimum atomic E-state index is -0.239. The molecule has 0 radical (unpaired) electrons. The van der Waals surface area contributed by atoms with Gasteiger partial charge in [-0.15, -0.1) is 11.3 Å². The minimum absolute atomic E-state index is 0.0808. The standard InChI is InChI=1S/C18H28N2O2S2/c1-5-18(3,4)20-17(23)19-15-14(16(21)22-6-2)12-10-8-7-9-11-13(12)24-15/h5-11H2,1-4H3,(H2,19,20,23). The molecule has 0 saturated carbocycles. The number of fused-ring (bicyclic) bond motifs is 1. The van der Waals surface area contributed by atoms with E-state index in [2.05, 4.69) is 31.4 Å². The molecule has 0 amide bonds. The van der Waals surface area contributed by atoms with Gasteiger partial charge in [0.15, 0.2) is 5.11 Å². The molecule has 0 bridgehead atoms. The Bertz CT molecular complexity index is 608. The highest BCUT2D eigenvalue weighted by molar-refractivity contribution is 7.80. The van der Waals surface area contributed by atoms with E-state index in [-0.39, 0.29) is 11.5 Å². The molecule has 0 saturated heterocycles. The number of hydrogen-bond acceptors (Lipinski definition) is 4. The molecule has 0 atom stereocenters. The fourth-order valence-corrected chi connectivity index (χ4v) is 4.50. The van der Waals surface area contributed by atoms with Gasteiger partial charge in [0.05, 0.1) is 12.2 Å². The smallest absolute Gasteiger partial charge is 0.341 e. The summed E-state index contributed by atoms with van der Waals surface area (Å²) in [5.74, 6) is -0.239. The molecule has 1 aliphatic carbocycles. The first kappa shape index (κ1) is 19.2. The fourth-order valence-electron chi connectivity index (χ4n) is 2.78. The molecule has 2 rings (SSSR count). The number of thiocarbonyl (C=S) groups is 1. The van der Waals surface area contributed by atoms with Crippen molar-refractivity contribution in [3.63, 3.8) is 0 Å². The number of thiophene rings is 1. The minimum Gasteiger partial charge on any atom is -0.462 e. The Labute approximate surface area is 154 Å². The Balaban J connectivity index is 2.28. The Morgan fingerprint density at radius 3 is 2.62 bits per heavy atom. The van der Waals surface area contributed by atoms with E-state index in [0.29, 0.717) is 17.3 Å². The second-order valence-electron chi connectivity index (χ2n) is 6.81. The molecule has 0 fully saturated rings. The fraction of sp³-hybridized carbons (Fsp3) is 0.667. The van der Waals surface area contributed by atoms with Crippen LogP contribution in [0.5, 0.6) is 0 Å². The van der Waals surface area contributed by atoms with Gasteiger partial charge < -0.3 is 15.4 Å². The van der Waals surface area contributed by atoms with E-state index in [1.54, 1.807) is 11.3 Å². The molecule has 134 valence electrons. The molecule has 24 heavy (non-hydrogen) atoms. The highest BCUT2D eigenvalue weighted by Gasteiger charge is 2.26. The van der Waals surface area contributed by atoms with Crippen molar-refractivity contribution in [2.24, 2.45) is 0 Å². The number of carbonyl (C=O) groups excluding carboxylic acids is 1. The first-order valence-corrected chi connectivity index (χ1v) is 10.0. The van der Waals surface area contributed by atoms with Crippen LogP contribution in [0.1, 0.15) is 74.2 Å². The van der Waals surface area contributed by atoms with Crippen LogP contribution in [-0.2, 0) is 17.6 Å². The first-order valence-electron chi connectivity index (χ1n) is 8.78. The zero-order valence-corrected chi connectivity index (χ0v) is 16.7. The van der Waals surface area contributed by atoms with Crippen LogP contribution in [0.2, 0.25) is 0 Å². The van der Waals surface area contributed by atoms with Crippen molar-refractivity contribution in [1.29, 1.82) is 0 Å². The lowest BCUT2D eigenvalue weighted by Gasteiger charge is -2.26. The number of ether oxygens (including phenoxy) is 1. The van der Waals surface area contributed by atoms with E-state index in [0.717, 1.165) is 36.2 Å². The summed E-state index contributed by atoms with van der Waals surface area (Å²) in [5.41, 5.74) is 1.77. The van der Waals surface area contributed by atoms with Gasteiger partial charge in [0.2, 0.25) is 0 Å². The van der Waals surface area contributed by atoms with E-state index >= 15 is 0 Å². The summed E-state index contributed by atoms with van der Waals surface area (Å²) in [5, 5.41) is 7.96. The average molecular weight is 369 g/mol. The maximum absolute atomic E-state index is 12.5.